The molecule has 0 radical (unpaired) electrons. The second-order valence-corrected chi connectivity index (χ2v) is 9.67. The normalized spacial score (nSPS) is 17.2. The van der Waals surface area contributed by atoms with E-state index in [2.05, 4.69) is 30.3 Å². The van der Waals surface area contributed by atoms with Crippen LogP contribution in [0, 0.1) is 0 Å². The number of aryl methyl sites for hydroxylation is 1. The van der Waals surface area contributed by atoms with Gasteiger partial charge in [-0.25, -0.2) is 4.99 Å². The van der Waals surface area contributed by atoms with Crippen LogP contribution in [0.2, 0.25) is 5.02 Å². The number of halogens is 1. The number of thiazole rings is 1. The Morgan fingerprint density at radius 3 is 2.67 bits per heavy atom. The third-order valence-electron chi connectivity index (χ3n) is 6.26. The van der Waals surface area contributed by atoms with Gasteiger partial charge in [-0.2, -0.15) is 0 Å². The SMILES string of the molecule is O=c1/c(=C\c2cc(Cl)ccc2O)sc2n1C(c1ccccc1)C1=C(N=2)c2ccccc2CC1. The number of fused-ring (bicyclic) bond motifs is 3. The van der Waals surface area contributed by atoms with Gasteiger partial charge in [-0.1, -0.05) is 77.5 Å². The number of rotatable bonds is 2. The molecule has 4 aromatic rings. The van der Waals surface area contributed by atoms with Crippen molar-refractivity contribution in [1.82, 2.24) is 4.57 Å². The smallest absolute Gasteiger partial charge is 0.271 e. The van der Waals surface area contributed by atoms with Crippen LogP contribution in [0.4, 0.5) is 0 Å². The number of allylic oxidation sites excluding steroid dienone is 1. The molecule has 1 aliphatic heterocycles. The Labute approximate surface area is 199 Å². The van der Waals surface area contributed by atoms with Crippen molar-refractivity contribution in [3.05, 3.63) is 125 Å². The molecule has 2 heterocycles. The van der Waals surface area contributed by atoms with E-state index >= 15 is 0 Å². The van der Waals surface area contributed by atoms with Crippen molar-refractivity contribution in [2.75, 3.05) is 0 Å². The Kier molecular flexibility index (Phi) is 4.82. The first kappa shape index (κ1) is 20.2. The highest BCUT2D eigenvalue weighted by Crippen LogP contribution is 2.41. The average Bonchev–Trinajstić information content (AvgIpc) is 3.15. The first-order chi connectivity index (χ1) is 16.1. The number of benzene rings is 3. The van der Waals surface area contributed by atoms with Crippen LogP contribution in [0.15, 0.2) is 88.2 Å². The van der Waals surface area contributed by atoms with Gasteiger partial charge in [-0.15, -0.1) is 0 Å². The second-order valence-electron chi connectivity index (χ2n) is 8.23. The molecule has 4 nitrogen and oxygen atoms in total. The Morgan fingerprint density at radius 2 is 1.82 bits per heavy atom. The summed E-state index contributed by atoms with van der Waals surface area (Å²) >= 11 is 7.46. The van der Waals surface area contributed by atoms with Crippen molar-refractivity contribution in [2.24, 2.45) is 4.99 Å². The summed E-state index contributed by atoms with van der Waals surface area (Å²) in [5.74, 6) is 0.0815. The molecule has 162 valence electrons. The van der Waals surface area contributed by atoms with Crippen LogP contribution in [0.3, 0.4) is 0 Å². The maximum Gasteiger partial charge on any atom is 0.271 e. The lowest BCUT2D eigenvalue weighted by atomic mass is 9.83. The maximum atomic E-state index is 13.7. The van der Waals surface area contributed by atoms with Gasteiger partial charge in [0.05, 0.1) is 16.3 Å². The molecular weight excluding hydrogens is 452 g/mol. The van der Waals surface area contributed by atoms with Gasteiger partial charge in [-0.05, 0) is 53.8 Å². The summed E-state index contributed by atoms with van der Waals surface area (Å²) in [4.78, 5) is 19.3. The zero-order valence-electron chi connectivity index (χ0n) is 17.5. The summed E-state index contributed by atoms with van der Waals surface area (Å²) in [5, 5.41) is 10.8. The summed E-state index contributed by atoms with van der Waals surface area (Å²) < 4.78 is 2.32. The lowest BCUT2D eigenvalue weighted by Gasteiger charge is -2.30. The maximum absolute atomic E-state index is 13.7. The molecule has 1 N–H and O–H groups in total. The van der Waals surface area contributed by atoms with Crippen LogP contribution in [-0.2, 0) is 6.42 Å². The van der Waals surface area contributed by atoms with E-state index in [4.69, 9.17) is 16.6 Å². The highest BCUT2D eigenvalue weighted by atomic mass is 35.5. The summed E-state index contributed by atoms with van der Waals surface area (Å²) in [7, 11) is 0. The van der Waals surface area contributed by atoms with Gasteiger partial charge >= 0.3 is 0 Å². The minimum atomic E-state index is -0.207. The molecule has 0 bridgehead atoms. The predicted octanol–water partition coefficient (Wildman–Crippen LogP) is 4.68. The molecule has 2 aliphatic rings. The van der Waals surface area contributed by atoms with Crippen molar-refractivity contribution in [1.29, 1.82) is 0 Å². The van der Waals surface area contributed by atoms with Gasteiger partial charge in [0.15, 0.2) is 4.80 Å². The minimum absolute atomic E-state index is 0.0815. The lowest BCUT2D eigenvalue weighted by Crippen LogP contribution is -2.38. The summed E-state index contributed by atoms with van der Waals surface area (Å²) in [5.41, 5.74) is 6.04. The molecule has 1 atom stereocenters. The number of aromatic nitrogens is 1. The molecule has 0 amide bonds. The third-order valence-corrected chi connectivity index (χ3v) is 7.48. The molecular formula is C27H19ClN2O2S. The van der Waals surface area contributed by atoms with Gasteiger partial charge in [0.25, 0.3) is 5.56 Å². The molecule has 6 heteroatoms. The first-order valence-corrected chi connectivity index (χ1v) is 12.0. The Bertz CT molecular complexity index is 1620. The number of aromatic hydroxyl groups is 1. The van der Waals surface area contributed by atoms with Crippen LogP contribution >= 0.6 is 22.9 Å². The quantitative estimate of drug-likeness (QED) is 0.462. The molecule has 0 spiro atoms. The number of phenolic OH excluding ortho intramolecular Hbond substituents is 1. The Balaban J connectivity index is 1.64. The molecule has 1 aliphatic carbocycles. The van der Waals surface area contributed by atoms with E-state index in [1.165, 1.54) is 28.5 Å². The molecule has 0 fully saturated rings. The number of nitrogens with zero attached hydrogens (tertiary/aromatic N) is 2. The van der Waals surface area contributed by atoms with Gasteiger partial charge in [0.1, 0.15) is 5.75 Å². The fraction of sp³-hybridized carbons (Fsp3) is 0.111. The molecule has 1 aromatic heterocycles. The van der Waals surface area contributed by atoms with Crippen molar-refractivity contribution >= 4 is 34.7 Å². The van der Waals surface area contributed by atoms with Gasteiger partial charge in [0, 0.05) is 16.1 Å². The van der Waals surface area contributed by atoms with Gasteiger partial charge in [-0.3, -0.25) is 9.36 Å². The summed E-state index contributed by atoms with van der Waals surface area (Å²) in [6.45, 7) is 0. The van der Waals surface area contributed by atoms with Crippen LogP contribution in [0.1, 0.15) is 34.7 Å². The molecule has 3 aromatic carbocycles. The molecule has 1 unspecified atom stereocenters. The van der Waals surface area contributed by atoms with E-state index in [-0.39, 0.29) is 17.4 Å². The Hall–Kier alpha value is -3.41. The Morgan fingerprint density at radius 1 is 1.03 bits per heavy atom. The fourth-order valence-electron chi connectivity index (χ4n) is 4.74. The lowest BCUT2D eigenvalue weighted by molar-refractivity contribution is 0.474. The molecule has 6 rings (SSSR count). The minimum Gasteiger partial charge on any atom is -0.507 e. The van der Waals surface area contributed by atoms with Crippen LogP contribution in [0.5, 0.6) is 5.75 Å². The van der Waals surface area contributed by atoms with E-state index in [0.717, 1.165) is 29.7 Å². The zero-order valence-corrected chi connectivity index (χ0v) is 19.1. The van der Waals surface area contributed by atoms with Crippen molar-refractivity contribution < 1.29 is 5.11 Å². The second kappa shape index (κ2) is 7.87. The summed E-state index contributed by atoms with van der Waals surface area (Å²) in [6, 6.07) is 23.1. The van der Waals surface area contributed by atoms with Crippen LogP contribution < -0.4 is 14.9 Å². The van der Waals surface area contributed by atoms with Gasteiger partial charge < -0.3 is 5.11 Å². The molecule has 33 heavy (non-hydrogen) atoms. The van der Waals surface area contributed by atoms with E-state index in [1.807, 2.05) is 24.3 Å². The molecule has 0 saturated carbocycles. The van der Waals surface area contributed by atoms with Crippen molar-refractivity contribution in [3.63, 3.8) is 0 Å². The number of hydrogen-bond acceptors (Lipinski definition) is 4. The highest BCUT2D eigenvalue weighted by molar-refractivity contribution is 7.07. The molecule has 0 saturated heterocycles. The van der Waals surface area contributed by atoms with E-state index in [1.54, 1.807) is 22.8 Å². The number of phenols is 1. The van der Waals surface area contributed by atoms with Crippen LogP contribution in [-0.4, -0.2) is 9.67 Å². The van der Waals surface area contributed by atoms with E-state index in [9.17, 15) is 9.90 Å². The van der Waals surface area contributed by atoms with Crippen molar-refractivity contribution in [3.8, 4) is 5.75 Å². The summed E-state index contributed by atoms with van der Waals surface area (Å²) in [6.07, 6.45) is 3.48. The number of hydrogen-bond donors (Lipinski definition) is 1. The average molecular weight is 471 g/mol. The predicted molar refractivity (Wildman–Crippen MR) is 132 cm³/mol. The van der Waals surface area contributed by atoms with E-state index in [0.29, 0.717) is 19.9 Å². The standard InChI is InChI=1S/C27H19ClN2O2S/c28-19-11-13-22(31)18(14-19)15-23-26(32)30-25(17-7-2-1-3-8-17)21-12-10-16-6-4-5-9-20(16)24(21)29-27(30)33-23/h1-9,11,13-15,25,31H,10,12H2/b23-15+. The zero-order chi connectivity index (χ0) is 22.5. The topological polar surface area (TPSA) is 54.6 Å². The third kappa shape index (κ3) is 3.36. The largest absolute Gasteiger partial charge is 0.507 e. The fourth-order valence-corrected chi connectivity index (χ4v) is 5.91. The first-order valence-electron chi connectivity index (χ1n) is 10.8. The van der Waals surface area contributed by atoms with Crippen LogP contribution in [0.25, 0.3) is 11.8 Å². The van der Waals surface area contributed by atoms with E-state index < -0.39 is 0 Å². The highest BCUT2D eigenvalue weighted by Gasteiger charge is 2.32. The van der Waals surface area contributed by atoms with Gasteiger partial charge in [0.2, 0.25) is 0 Å². The van der Waals surface area contributed by atoms with Crippen molar-refractivity contribution in [2.45, 2.75) is 18.9 Å². The monoisotopic (exact) mass is 470 g/mol.